The maximum absolute atomic E-state index is 13.1. The molecule has 1 aromatic heterocycles. The number of methoxy groups -OCH3 is 1. The predicted molar refractivity (Wildman–Crippen MR) is 119 cm³/mol. The number of fused-ring (bicyclic) bond motifs is 1. The number of nitrogens with zero attached hydrogens (tertiary/aromatic N) is 2. The van der Waals surface area contributed by atoms with Crippen LogP contribution in [0, 0.1) is 0 Å². The van der Waals surface area contributed by atoms with Gasteiger partial charge in [0.15, 0.2) is 5.13 Å². The SMILES string of the molecule is COc1ccc2nc(N(Cc3ccccc3)C(=O)/C=C/c3ccccc3)sc2c1. The number of carbonyl (C=O) groups is 1. The van der Waals surface area contributed by atoms with Crippen LogP contribution in [0.5, 0.6) is 5.75 Å². The fourth-order valence-corrected chi connectivity index (χ4v) is 3.96. The summed E-state index contributed by atoms with van der Waals surface area (Å²) >= 11 is 1.48. The summed E-state index contributed by atoms with van der Waals surface area (Å²) in [6, 6.07) is 25.5. The van der Waals surface area contributed by atoms with Gasteiger partial charge in [-0.15, -0.1) is 0 Å². The molecule has 1 heterocycles. The topological polar surface area (TPSA) is 42.4 Å². The molecule has 0 spiro atoms. The first-order valence-electron chi connectivity index (χ1n) is 9.26. The molecule has 0 saturated carbocycles. The Morgan fingerprint density at radius 2 is 1.76 bits per heavy atom. The maximum Gasteiger partial charge on any atom is 0.253 e. The van der Waals surface area contributed by atoms with Gasteiger partial charge in [-0.05, 0) is 35.4 Å². The third-order valence-corrected chi connectivity index (χ3v) is 5.52. The molecule has 3 aromatic carbocycles. The van der Waals surface area contributed by atoms with E-state index >= 15 is 0 Å². The average Bonchev–Trinajstić information content (AvgIpc) is 3.20. The van der Waals surface area contributed by atoms with Crippen molar-refractivity contribution >= 4 is 38.7 Å². The lowest BCUT2D eigenvalue weighted by Gasteiger charge is -2.18. The van der Waals surface area contributed by atoms with Gasteiger partial charge in [-0.25, -0.2) is 4.98 Å². The summed E-state index contributed by atoms with van der Waals surface area (Å²) in [5, 5.41) is 0.666. The van der Waals surface area contributed by atoms with Crippen molar-refractivity contribution in [3.05, 3.63) is 96.1 Å². The number of ether oxygens (including phenoxy) is 1. The van der Waals surface area contributed by atoms with Gasteiger partial charge in [-0.2, -0.15) is 0 Å². The van der Waals surface area contributed by atoms with Crippen LogP contribution in [0.2, 0.25) is 0 Å². The number of hydrogen-bond acceptors (Lipinski definition) is 4. The van der Waals surface area contributed by atoms with Crippen LogP contribution in [0.4, 0.5) is 5.13 Å². The molecule has 0 bridgehead atoms. The zero-order valence-corrected chi connectivity index (χ0v) is 16.8. The van der Waals surface area contributed by atoms with Crippen LogP contribution in [0.1, 0.15) is 11.1 Å². The summed E-state index contributed by atoms with van der Waals surface area (Å²) in [6.45, 7) is 0.454. The van der Waals surface area contributed by atoms with Gasteiger partial charge in [-0.1, -0.05) is 72.0 Å². The highest BCUT2D eigenvalue weighted by Gasteiger charge is 2.18. The molecule has 0 aliphatic rings. The van der Waals surface area contributed by atoms with Gasteiger partial charge in [0.25, 0.3) is 5.91 Å². The molecule has 4 aromatic rings. The second-order valence-electron chi connectivity index (χ2n) is 6.48. The second kappa shape index (κ2) is 8.71. The van der Waals surface area contributed by atoms with E-state index in [1.165, 1.54) is 11.3 Å². The van der Waals surface area contributed by atoms with Crippen LogP contribution in [0.3, 0.4) is 0 Å². The Morgan fingerprint density at radius 3 is 2.48 bits per heavy atom. The van der Waals surface area contributed by atoms with Crippen LogP contribution in [0.25, 0.3) is 16.3 Å². The molecular formula is C24H20N2O2S. The predicted octanol–water partition coefficient (Wildman–Crippen LogP) is 5.55. The summed E-state index contributed by atoms with van der Waals surface area (Å²) in [4.78, 5) is 19.5. The number of hydrogen-bond donors (Lipinski definition) is 0. The summed E-state index contributed by atoms with van der Waals surface area (Å²) in [7, 11) is 1.64. The number of amides is 1. The van der Waals surface area contributed by atoms with E-state index in [9.17, 15) is 4.79 Å². The van der Waals surface area contributed by atoms with Crippen molar-refractivity contribution in [2.24, 2.45) is 0 Å². The lowest BCUT2D eigenvalue weighted by molar-refractivity contribution is -0.114. The van der Waals surface area contributed by atoms with Crippen molar-refractivity contribution in [1.29, 1.82) is 0 Å². The Kier molecular flexibility index (Phi) is 5.68. The molecule has 4 rings (SSSR count). The van der Waals surface area contributed by atoms with Crippen LogP contribution >= 0.6 is 11.3 Å². The first-order chi connectivity index (χ1) is 14.2. The van der Waals surface area contributed by atoms with Gasteiger partial charge in [0.05, 0.1) is 23.9 Å². The molecule has 0 aliphatic heterocycles. The molecule has 0 aliphatic carbocycles. The second-order valence-corrected chi connectivity index (χ2v) is 7.49. The molecule has 1 amide bonds. The van der Waals surface area contributed by atoms with E-state index in [1.54, 1.807) is 18.1 Å². The molecule has 144 valence electrons. The van der Waals surface area contributed by atoms with Crippen LogP contribution in [-0.4, -0.2) is 18.0 Å². The maximum atomic E-state index is 13.1. The Labute approximate surface area is 173 Å². The number of anilines is 1. The first-order valence-corrected chi connectivity index (χ1v) is 10.1. The third kappa shape index (κ3) is 4.52. The van der Waals surface area contributed by atoms with Crippen molar-refractivity contribution in [3.8, 4) is 5.75 Å². The van der Waals surface area contributed by atoms with E-state index in [0.29, 0.717) is 11.7 Å². The zero-order chi connectivity index (χ0) is 20.1. The first kappa shape index (κ1) is 18.9. The average molecular weight is 401 g/mol. The van der Waals surface area contributed by atoms with E-state index in [4.69, 9.17) is 9.72 Å². The minimum atomic E-state index is -0.108. The Balaban J connectivity index is 1.68. The smallest absolute Gasteiger partial charge is 0.253 e. The quantitative estimate of drug-likeness (QED) is 0.399. The lowest BCUT2D eigenvalue weighted by Crippen LogP contribution is -2.28. The highest BCUT2D eigenvalue weighted by atomic mass is 32.1. The van der Waals surface area contributed by atoms with Crippen molar-refractivity contribution in [3.63, 3.8) is 0 Å². The molecule has 0 N–H and O–H groups in total. The van der Waals surface area contributed by atoms with Gasteiger partial charge < -0.3 is 4.74 Å². The number of benzene rings is 3. The molecule has 4 nitrogen and oxygen atoms in total. The van der Waals surface area contributed by atoms with Crippen LogP contribution in [-0.2, 0) is 11.3 Å². The van der Waals surface area contributed by atoms with E-state index in [1.807, 2.05) is 84.9 Å². The highest BCUT2D eigenvalue weighted by molar-refractivity contribution is 7.22. The molecule has 0 atom stereocenters. The standard InChI is InChI=1S/C24H20N2O2S/c1-28-20-13-14-21-22(16-20)29-24(25-21)26(17-19-10-6-3-7-11-19)23(27)15-12-18-8-4-2-5-9-18/h2-16H,17H2,1H3/b15-12+. The molecule has 0 fully saturated rings. The zero-order valence-electron chi connectivity index (χ0n) is 16.0. The number of thiazole rings is 1. The summed E-state index contributed by atoms with van der Waals surface area (Å²) in [6.07, 6.45) is 3.43. The largest absolute Gasteiger partial charge is 0.497 e. The minimum absolute atomic E-state index is 0.108. The van der Waals surface area contributed by atoms with E-state index in [2.05, 4.69) is 0 Å². The van der Waals surface area contributed by atoms with Gasteiger partial charge in [0.2, 0.25) is 0 Å². The van der Waals surface area contributed by atoms with Gasteiger partial charge >= 0.3 is 0 Å². The fourth-order valence-electron chi connectivity index (χ4n) is 2.96. The number of rotatable bonds is 6. The molecule has 0 saturated heterocycles. The molecule has 5 heteroatoms. The Hall–Kier alpha value is -3.44. The Bertz CT molecular complexity index is 1140. The Morgan fingerprint density at radius 1 is 1.03 bits per heavy atom. The molecule has 0 radical (unpaired) electrons. The molecule has 0 unspecified atom stereocenters. The summed E-state index contributed by atoms with van der Waals surface area (Å²) in [5.41, 5.74) is 2.88. The number of carbonyl (C=O) groups excluding carboxylic acids is 1. The van der Waals surface area contributed by atoms with Crippen molar-refractivity contribution in [1.82, 2.24) is 4.98 Å². The minimum Gasteiger partial charge on any atom is -0.497 e. The normalized spacial score (nSPS) is 11.1. The van der Waals surface area contributed by atoms with Gasteiger partial charge in [-0.3, -0.25) is 9.69 Å². The van der Waals surface area contributed by atoms with Gasteiger partial charge in [0.1, 0.15) is 5.75 Å². The number of aromatic nitrogens is 1. The van der Waals surface area contributed by atoms with Crippen molar-refractivity contribution in [2.45, 2.75) is 6.54 Å². The molecular weight excluding hydrogens is 380 g/mol. The van der Waals surface area contributed by atoms with Crippen molar-refractivity contribution in [2.75, 3.05) is 12.0 Å². The van der Waals surface area contributed by atoms with E-state index < -0.39 is 0 Å². The summed E-state index contributed by atoms with van der Waals surface area (Å²) in [5.74, 6) is 0.668. The molecule has 29 heavy (non-hydrogen) atoms. The monoisotopic (exact) mass is 400 g/mol. The van der Waals surface area contributed by atoms with E-state index in [-0.39, 0.29) is 5.91 Å². The van der Waals surface area contributed by atoms with Crippen LogP contribution < -0.4 is 9.64 Å². The van der Waals surface area contributed by atoms with Crippen molar-refractivity contribution < 1.29 is 9.53 Å². The lowest BCUT2D eigenvalue weighted by atomic mass is 10.2. The highest BCUT2D eigenvalue weighted by Crippen LogP contribution is 2.32. The third-order valence-electron chi connectivity index (χ3n) is 4.48. The fraction of sp³-hybridized carbons (Fsp3) is 0.0833. The van der Waals surface area contributed by atoms with E-state index in [0.717, 1.165) is 27.1 Å². The summed E-state index contributed by atoms with van der Waals surface area (Å²) < 4.78 is 6.29. The van der Waals surface area contributed by atoms with Crippen LogP contribution in [0.15, 0.2) is 84.9 Å². The van der Waals surface area contributed by atoms with Gasteiger partial charge in [0, 0.05) is 6.08 Å².